The predicted octanol–water partition coefficient (Wildman–Crippen LogP) is 3.33. The van der Waals surface area contributed by atoms with E-state index in [1.807, 2.05) is 26.8 Å². The molecule has 0 spiro atoms. The largest absolute Gasteiger partial charge is 0.462 e. The first-order valence-electron chi connectivity index (χ1n) is 12.5. The molecule has 0 aliphatic carbocycles. The van der Waals surface area contributed by atoms with Crippen molar-refractivity contribution in [3.63, 3.8) is 0 Å². The normalized spacial score (nSPS) is 16.0. The van der Waals surface area contributed by atoms with E-state index in [0.29, 0.717) is 30.0 Å². The number of fused-ring (bicyclic) bond motifs is 1. The molecule has 1 N–H and O–H groups in total. The number of carbonyl (C=O) groups is 2. The van der Waals surface area contributed by atoms with E-state index in [0.717, 1.165) is 30.6 Å². The first-order chi connectivity index (χ1) is 17.6. The van der Waals surface area contributed by atoms with Crippen molar-refractivity contribution in [2.24, 2.45) is 5.41 Å². The van der Waals surface area contributed by atoms with Crippen molar-refractivity contribution in [1.29, 1.82) is 0 Å². The van der Waals surface area contributed by atoms with Crippen LogP contribution in [-0.2, 0) is 16.0 Å². The lowest BCUT2D eigenvalue weighted by molar-refractivity contribution is -0.133. The number of hydrogen-bond acceptors (Lipinski definition) is 8. The van der Waals surface area contributed by atoms with Crippen LogP contribution in [0.25, 0.3) is 5.65 Å². The molecule has 37 heavy (non-hydrogen) atoms. The Bertz CT molecular complexity index is 1290. The number of hydrazine groups is 1. The minimum absolute atomic E-state index is 0.0761. The number of pyridine rings is 1. The molecule has 1 amide bonds. The number of ether oxygens (including phenoxy) is 1. The summed E-state index contributed by atoms with van der Waals surface area (Å²) in [5.41, 5.74) is 4.67. The van der Waals surface area contributed by atoms with Crippen LogP contribution in [0, 0.1) is 11.2 Å². The molecule has 4 rings (SSSR count). The van der Waals surface area contributed by atoms with Crippen molar-refractivity contribution in [1.82, 2.24) is 30.0 Å². The third kappa shape index (κ3) is 5.87. The minimum Gasteiger partial charge on any atom is -0.462 e. The van der Waals surface area contributed by atoms with E-state index in [4.69, 9.17) is 9.72 Å². The number of hydrogen-bond donors (Lipinski definition) is 1. The zero-order valence-electron chi connectivity index (χ0n) is 22.0. The van der Waals surface area contributed by atoms with Crippen molar-refractivity contribution < 1.29 is 18.7 Å². The van der Waals surface area contributed by atoms with Crippen molar-refractivity contribution in [3.05, 3.63) is 53.4 Å². The van der Waals surface area contributed by atoms with E-state index in [2.05, 4.69) is 20.4 Å². The predicted molar refractivity (Wildman–Crippen MR) is 136 cm³/mol. The van der Waals surface area contributed by atoms with Crippen LogP contribution in [-0.4, -0.2) is 63.2 Å². The second kappa shape index (κ2) is 10.8. The van der Waals surface area contributed by atoms with E-state index in [1.54, 1.807) is 31.2 Å². The van der Waals surface area contributed by atoms with Gasteiger partial charge < -0.3 is 9.64 Å². The molecule has 4 heterocycles. The highest BCUT2D eigenvalue weighted by Gasteiger charge is 2.31. The van der Waals surface area contributed by atoms with E-state index in [-0.39, 0.29) is 18.6 Å². The van der Waals surface area contributed by atoms with Gasteiger partial charge in [0.15, 0.2) is 5.65 Å². The third-order valence-electron chi connectivity index (χ3n) is 6.38. The Hall–Kier alpha value is -3.60. The number of carbonyl (C=O) groups excluding carboxylic acids is 2. The Morgan fingerprint density at radius 2 is 2.08 bits per heavy atom. The fraction of sp³-hybridized carbons (Fsp3) is 0.500. The first-order valence-corrected chi connectivity index (χ1v) is 12.5. The molecule has 1 saturated heterocycles. The van der Waals surface area contributed by atoms with E-state index < -0.39 is 17.2 Å². The average molecular weight is 512 g/mol. The van der Waals surface area contributed by atoms with Crippen LogP contribution in [0.2, 0.25) is 0 Å². The molecule has 3 aromatic heterocycles. The standard InChI is InChI=1S/C26H34FN7O3/c1-6-37-24(35)19-16-29-34-13-10-22(30-23(19)34)33-11-7-8-21(33)18-14-17(27)15-28-20(18)9-12-32(5)31-25(36)26(2,3)4/h10,13-16,21H,6-9,11-12H2,1-5H3,(H,31,36)/t21-/m0/s1. The molecule has 11 heteroatoms. The van der Waals surface area contributed by atoms with Crippen molar-refractivity contribution in [3.8, 4) is 0 Å². The lowest BCUT2D eigenvalue weighted by Gasteiger charge is -2.28. The molecule has 198 valence electrons. The summed E-state index contributed by atoms with van der Waals surface area (Å²) in [5.74, 6) is -0.276. The van der Waals surface area contributed by atoms with Crippen molar-refractivity contribution in [2.75, 3.05) is 31.6 Å². The van der Waals surface area contributed by atoms with Gasteiger partial charge in [-0.1, -0.05) is 20.8 Å². The van der Waals surface area contributed by atoms with Crippen LogP contribution in [0.3, 0.4) is 0 Å². The number of likely N-dealkylation sites (N-methyl/N-ethyl adjacent to an activating group) is 1. The molecular formula is C26H34FN7O3. The Balaban J connectivity index is 1.58. The summed E-state index contributed by atoms with van der Waals surface area (Å²) in [4.78, 5) is 35.9. The lowest BCUT2D eigenvalue weighted by Crippen LogP contribution is -2.45. The second-order valence-corrected chi connectivity index (χ2v) is 10.2. The quantitative estimate of drug-likeness (QED) is 0.363. The van der Waals surface area contributed by atoms with Gasteiger partial charge in [-0.2, -0.15) is 5.10 Å². The lowest BCUT2D eigenvalue weighted by atomic mass is 9.96. The summed E-state index contributed by atoms with van der Waals surface area (Å²) in [6, 6.07) is 3.26. The van der Waals surface area contributed by atoms with Gasteiger partial charge in [0, 0.05) is 43.9 Å². The molecule has 0 radical (unpaired) electrons. The van der Waals surface area contributed by atoms with Crippen LogP contribution in [0.5, 0.6) is 0 Å². The second-order valence-electron chi connectivity index (χ2n) is 10.2. The number of nitrogens with zero attached hydrogens (tertiary/aromatic N) is 6. The number of nitrogens with one attached hydrogen (secondary N) is 1. The van der Waals surface area contributed by atoms with E-state index in [9.17, 15) is 14.0 Å². The fourth-order valence-corrected chi connectivity index (χ4v) is 4.39. The van der Waals surface area contributed by atoms with Gasteiger partial charge in [0.05, 0.1) is 25.0 Å². The number of aromatic nitrogens is 4. The molecule has 0 unspecified atom stereocenters. The van der Waals surface area contributed by atoms with Gasteiger partial charge in [-0.3, -0.25) is 15.2 Å². The van der Waals surface area contributed by atoms with Crippen LogP contribution < -0.4 is 10.3 Å². The SMILES string of the molecule is CCOC(=O)c1cnn2ccc(N3CCC[C@H]3c3cc(F)cnc3CCN(C)NC(=O)C(C)(C)C)nc12. The molecule has 1 fully saturated rings. The summed E-state index contributed by atoms with van der Waals surface area (Å²) >= 11 is 0. The molecule has 1 atom stereocenters. The number of anilines is 1. The number of amides is 1. The fourth-order valence-electron chi connectivity index (χ4n) is 4.39. The van der Waals surface area contributed by atoms with Gasteiger partial charge in [0.25, 0.3) is 0 Å². The maximum absolute atomic E-state index is 14.4. The van der Waals surface area contributed by atoms with Crippen molar-refractivity contribution >= 4 is 23.3 Å². The Kier molecular flexibility index (Phi) is 7.72. The molecule has 0 aromatic carbocycles. The van der Waals surface area contributed by atoms with Crippen LogP contribution in [0.15, 0.2) is 30.7 Å². The molecular weight excluding hydrogens is 477 g/mol. The van der Waals surface area contributed by atoms with Gasteiger partial charge in [0.2, 0.25) is 5.91 Å². The van der Waals surface area contributed by atoms with E-state index >= 15 is 0 Å². The first kappa shape index (κ1) is 26.5. The molecule has 3 aromatic rings. The molecule has 0 saturated carbocycles. The maximum Gasteiger partial charge on any atom is 0.343 e. The van der Waals surface area contributed by atoms with Crippen LogP contribution in [0.1, 0.15) is 68.2 Å². The highest BCUT2D eigenvalue weighted by atomic mass is 19.1. The van der Waals surface area contributed by atoms with Crippen LogP contribution in [0.4, 0.5) is 10.2 Å². The van der Waals surface area contributed by atoms with E-state index in [1.165, 1.54) is 16.9 Å². The maximum atomic E-state index is 14.4. The molecule has 1 aliphatic rings. The molecule has 10 nitrogen and oxygen atoms in total. The highest BCUT2D eigenvalue weighted by Crippen LogP contribution is 2.37. The number of rotatable bonds is 8. The molecule has 1 aliphatic heterocycles. The number of halogens is 1. The summed E-state index contributed by atoms with van der Waals surface area (Å²) in [6.07, 6.45) is 6.68. The number of esters is 1. The van der Waals surface area contributed by atoms with Gasteiger partial charge in [-0.05, 0) is 37.5 Å². The van der Waals surface area contributed by atoms with Crippen molar-refractivity contribution in [2.45, 2.75) is 53.0 Å². The Morgan fingerprint density at radius 1 is 1.30 bits per heavy atom. The summed E-state index contributed by atoms with van der Waals surface area (Å²) in [5, 5.41) is 5.95. The smallest absolute Gasteiger partial charge is 0.343 e. The third-order valence-corrected chi connectivity index (χ3v) is 6.38. The molecule has 0 bridgehead atoms. The minimum atomic E-state index is -0.505. The summed E-state index contributed by atoms with van der Waals surface area (Å²) < 4.78 is 21.1. The summed E-state index contributed by atoms with van der Waals surface area (Å²) in [7, 11) is 1.81. The highest BCUT2D eigenvalue weighted by molar-refractivity contribution is 5.95. The van der Waals surface area contributed by atoms with Gasteiger partial charge in [-0.15, -0.1) is 0 Å². The topological polar surface area (TPSA) is 105 Å². The summed E-state index contributed by atoms with van der Waals surface area (Å²) in [6.45, 7) is 8.82. The van der Waals surface area contributed by atoms with Crippen LogP contribution >= 0.6 is 0 Å². The zero-order valence-corrected chi connectivity index (χ0v) is 22.0. The van der Waals surface area contributed by atoms with Gasteiger partial charge >= 0.3 is 5.97 Å². The zero-order chi connectivity index (χ0) is 26.7. The average Bonchev–Trinajstić information content (AvgIpc) is 3.49. The Labute approximate surface area is 215 Å². The Morgan fingerprint density at radius 3 is 2.81 bits per heavy atom. The van der Waals surface area contributed by atoms with Gasteiger partial charge in [0.1, 0.15) is 17.2 Å². The monoisotopic (exact) mass is 511 g/mol. The van der Waals surface area contributed by atoms with Gasteiger partial charge in [-0.25, -0.2) is 23.7 Å².